The first-order chi connectivity index (χ1) is 7.11. The molecule has 1 N–H and O–H groups in total. The standard InChI is InChI=1S/C13H16N2/c1-6-14-10-13(11(3)4)9-8-12(5)15-7-2/h2,6,8-10,15H,1,3H2,4-5H3/b12-8+,13-9-,14-10-. The van der Waals surface area contributed by atoms with Crippen LogP contribution in [0.5, 0.6) is 0 Å². The Morgan fingerprint density at radius 3 is 2.53 bits per heavy atom. The van der Waals surface area contributed by atoms with Crippen LogP contribution < -0.4 is 5.32 Å². The average Bonchev–Trinajstić information content (AvgIpc) is 2.17. The zero-order valence-corrected chi connectivity index (χ0v) is 9.25. The molecule has 15 heavy (non-hydrogen) atoms. The lowest BCUT2D eigenvalue weighted by molar-refractivity contribution is 1.10. The van der Waals surface area contributed by atoms with E-state index in [-0.39, 0.29) is 0 Å². The van der Waals surface area contributed by atoms with E-state index in [0.717, 1.165) is 16.8 Å². The highest BCUT2D eigenvalue weighted by Gasteiger charge is 1.91. The predicted molar refractivity (Wildman–Crippen MR) is 67.3 cm³/mol. The molecule has 0 saturated carbocycles. The van der Waals surface area contributed by atoms with Gasteiger partial charge < -0.3 is 5.32 Å². The highest BCUT2D eigenvalue weighted by atomic mass is 14.8. The second-order valence-electron chi connectivity index (χ2n) is 2.98. The lowest BCUT2D eigenvalue weighted by atomic mass is 10.1. The maximum absolute atomic E-state index is 5.10. The summed E-state index contributed by atoms with van der Waals surface area (Å²) in [5.74, 6) is 0. The second kappa shape index (κ2) is 7.40. The first-order valence-corrected chi connectivity index (χ1v) is 4.52. The van der Waals surface area contributed by atoms with E-state index in [2.05, 4.69) is 29.5 Å². The summed E-state index contributed by atoms with van der Waals surface area (Å²) in [6.07, 6.45) is 12.1. The molecule has 0 amide bonds. The Morgan fingerprint density at radius 1 is 1.40 bits per heavy atom. The molecule has 0 fully saturated rings. The van der Waals surface area contributed by atoms with Crippen molar-refractivity contribution in [3.8, 4) is 12.5 Å². The molecule has 2 nitrogen and oxygen atoms in total. The van der Waals surface area contributed by atoms with Crippen molar-refractivity contribution in [2.45, 2.75) is 13.8 Å². The van der Waals surface area contributed by atoms with Crippen LogP contribution in [0.4, 0.5) is 0 Å². The van der Waals surface area contributed by atoms with Gasteiger partial charge in [-0.2, -0.15) is 0 Å². The molecule has 0 heterocycles. The molecule has 0 aromatic rings. The van der Waals surface area contributed by atoms with Gasteiger partial charge in [0, 0.05) is 24.2 Å². The van der Waals surface area contributed by atoms with E-state index in [1.165, 1.54) is 6.20 Å². The smallest absolute Gasteiger partial charge is 0.0342 e. The minimum absolute atomic E-state index is 0.892. The third kappa shape index (κ3) is 6.11. The molecule has 0 aromatic carbocycles. The third-order valence-electron chi connectivity index (χ3n) is 1.59. The largest absolute Gasteiger partial charge is 0.319 e. The third-order valence-corrected chi connectivity index (χ3v) is 1.59. The Morgan fingerprint density at radius 2 is 2.07 bits per heavy atom. The maximum Gasteiger partial charge on any atom is 0.0342 e. The van der Waals surface area contributed by atoms with Gasteiger partial charge in [0.2, 0.25) is 0 Å². The molecule has 0 unspecified atom stereocenters. The molecular formula is C13H16N2. The Bertz CT molecular complexity index is 362. The molecule has 0 aliphatic heterocycles. The average molecular weight is 200 g/mol. The van der Waals surface area contributed by atoms with Gasteiger partial charge in [0.25, 0.3) is 0 Å². The topological polar surface area (TPSA) is 24.4 Å². The molecule has 0 aliphatic rings. The number of allylic oxidation sites excluding steroid dienone is 5. The lowest BCUT2D eigenvalue weighted by Crippen LogP contribution is -2.00. The fourth-order valence-corrected chi connectivity index (χ4v) is 0.799. The van der Waals surface area contributed by atoms with Gasteiger partial charge in [-0.15, -0.1) is 0 Å². The minimum Gasteiger partial charge on any atom is -0.319 e. The van der Waals surface area contributed by atoms with E-state index >= 15 is 0 Å². The maximum atomic E-state index is 5.10. The summed E-state index contributed by atoms with van der Waals surface area (Å²) in [6.45, 7) is 11.2. The van der Waals surface area contributed by atoms with Crippen LogP contribution in [-0.2, 0) is 0 Å². The highest BCUT2D eigenvalue weighted by molar-refractivity contribution is 5.84. The summed E-state index contributed by atoms with van der Waals surface area (Å²) in [5.41, 5.74) is 2.77. The summed E-state index contributed by atoms with van der Waals surface area (Å²) < 4.78 is 0. The SMILES string of the molecule is C#CN/C(C)=C/C=C(/C=N\C=C)C(=C)C. The van der Waals surface area contributed by atoms with Crippen molar-refractivity contribution in [3.05, 3.63) is 48.4 Å². The van der Waals surface area contributed by atoms with Crippen LogP contribution in [0.2, 0.25) is 0 Å². The number of aliphatic imine (C=N–C) groups is 1. The zero-order chi connectivity index (χ0) is 11.7. The molecular weight excluding hydrogens is 184 g/mol. The zero-order valence-electron chi connectivity index (χ0n) is 9.25. The number of hydrogen-bond donors (Lipinski definition) is 1. The van der Waals surface area contributed by atoms with E-state index in [1.54, 1.807) is 6.21 Å². The summed E-state index contributed by atoms with van der Waals surface area (Å²) in [6, 6.07) is 2.34. The van der Waals surface area contributed by atoms with Crippen molar-refractivity contribution in [2.75, 3.05) is 0 Å². The Labute approximate surface area is 91.8 Å². The fraction of sp³-hybridized carbons (Fsp3) is 0.154. The molecule has 0 saturated heterocycles. The number of nitrogens with one attached hydrogen (secondary N) is 1. The molecule has 0 spiro atoms. The Kier molecular flexibility index (Phi) is 6.41. The van der Waals surface area contributed by atoms with Gasteiger partial charge in [0.05, 0.1) is 0 Å². The lowest BCUT2D eigenvalue weighted by Gasteiger charge is -1.98. The van der Waals surface area contributed by atoms with E-state index in [4.69, 9.17) is 6.42 Å². The van der Waals surface area contributed by atoms with E-state index in [1.807, 2.05) is 26.0 Å². The van der Waals surface area contributed by atoms with Gasteiger partial charge in [0.1, 0.15) is 0 Å². The predicted octanol–water partition coefficient (Wildman–Crippen LogP) is 2.79. The van der Waals surface area contributed by atoms with Crippen molar-refractivity contribution in [3.63, 3.8) is 0 Å². The molecule has 0 bridgehead atoms. The minimum atomic E-state index is 0.892. The molecule has 2 heteroatoms. The van der Waals surface area contributed by atoms with Gasteiger partial charge >= 0.3 is 0 Å². The quantitative estimate of drug-likeness (QED) is 0.314. The molecule has 0 aromatic heterocycles. The monoisotopic (exact) mass is 200 g/mol. The summed E-state index contributed by atoms with van der Waals surface area (Å²) in [4.78, 5) is 3.94. The van der Waals surface area contributed by atoms with Crippen molar-refractivity contribution >= 4 is 6.21 Å². The summed E-state index contributed by atoms with van der Waals surface area (Å²) in [7, 11) is 0. The summed E-state index contributed by atoms with van der Waals surface area (Å²) in [5, 5.41) is 2.75. The molecule has 0 radical (unpaired) electrons. The normalized spacial score (nSPS) is 12.3. The number of nitrogens with zero attached hydrogens (tertiary/aromatic N) is 1. The van der Waals surface area contributed by atoms with Gasteiger partial charge in [-0.25, -0.2) is 0 Å². The van der Waals surface area contributed by atoms with Crippen molar-refractivity contribution in [1.82, 2.24) is 5.32 Å². The molecule has 0 atom stereocenters. The fourth-order valence-electron chi connectivity index (χ4n) is 0.799. The van der Waals surface area contributed by atoms with Gasteiger partial charge in [-0.1, -0.05) is 25.7 Å². The molecule has 78 valence electrons. The van der Waals surface area contributed by atoms with Gasteiger partial charge in [-0.3, -0.25) is 4.99 Å². The number of hydrogen-bond acceptors (Lipinski definition) is 2. The van der Waals surface area contributed by atoms with Gasteiger partial charge in [0.15, 0.2) is 0 Å². The van der Waals surface area contributed by atoms with Crippen LogP contribution in [0.3, 0.4) is 0 Å². The van der Waals surface area contributed by atoms with E-state index in [0.29, 0.717) is 0 Å². The van der Waals surface area contributed by atoms with Crippen molar-refractivity contribution in [1.29, 1.82) is 0 Å². The summed E-state index contributed by atoms with van der Waals surface area (Å²) >= 11 is 0. The van der Waals surface area contributed by atoms with E-state index in [9.17, 15) is 0 Å². The van der Waals surface area contributed by atoms with Crippen LogP contribution in [-0.4, -0.2) is 6.21 Å². The Hall–Kier alpha value is -2.01. The number of terminal acetylenes is 1. The van der Waals surface area contributed by atoms with Crippen LogP contribution in [0.15, 0.2) is 53.3 Å². The van der Waals surface area contributed by atoms with E-state index < -0.39 is 0 Å². The van der Waals surface area contributed by atoms with Crippen molar-refractivity contribution in [2.24, 2.45) is 4.99 Å². The number of rotatable bonds is 5. The first-order valence-electron chi connectivity index (χ1n) is 4.52. The Balaban J connectivity index is 4.78. The van der Waals surface area contributed by atoms with Crippen LogP contribution in [0.1, 0.15) is 13.8 Å². The highest BCUT2D eigenvalue weighted by Crippen LogP contribution is 2.04. The van der Waals surface area contributed by atoms with Crippen LogP contribution in [0.25, 0.3) is 0 Å². The van der Waals surface area contributed by atoms with Crippen LogP contribution in [0, 0.1) is 12.5 Å². The molecule has 0 rings (SSSR count). The van der Waals surface area contributed by atoms with Crippen molar-refractivity contribution < 1.29 is 0 Å². The van der Waals surface area contributed by atoms with Gasteiger partial charge in [-0.05, 0) is 31.1 Å². The van der Waals surface area contributed by atoms with Crippen LogP contribution >= 0.6 is 0 Å². The first kappa shape index (κ1) is 13.0. The molecule has 0 aliphatic carbocycles. The second-order valence-corrected chi connectivity index (χ2v) is 2.98.